The molecule has 1 aliphatic rings. The lowest BCUT2D eigenvalue weighted by Crippen LogP contribution is -2.44. The van der Waals surface area contributed by atoms with Crippen LogP contribution in [0.3, 0.4) is 0 Å². The van der Waals surface area contributed by atoms with Crippen molar-refractivity contribution in [2.24, 2.45) is 5.41 Å². The molecule has 0 radical (unpaired) electrons. The summed E-state index contributed by atoms with van der Waals surface area (Å²) in [7, 11) is 0. The molecule has 1 atom stereocenters. The highest BCUT2D eigenvalue weighted by Gasteiger charge is 2.31. The van der Waals surface area contributed by atoms with Crippen LogP contribution >= 0.6 is 0 Å². The van der Waals surface area contributed by atoms with Crippen molar-refractivity contribution in [3.8, 4) is 0 Å². The van der Waals surface area contributed by atoms with Gasteiger partial charge in [-0.2, -0.15) is 0 Å². The monoisotopic (exact) mass is 277 g/mol. The summed E-state index contributed by atoms with van der Waals surface area (Å²) < 4.78 is 5.40. The van der Waals surface area contributed by atoms with Crippen LogP contribution < -0.4 is 5.32 Å². The van der Waals surface area contributed by atoms with E-state index in [1.807, 2.05) is 0 Å². The van der Waals surface area contributed by atoms with Crippen LogP contribution in [0.5, 0.6) is 0 Å². The lowest BCUT2D eigenvalue weighted by atomic mass is 9.81. The number of aliphatic hydroxyl groups excluding tert-OH is 1. The number of aliphatic hydroxyl groups is 1. The molecule has 1 aromatic carbocycles. The minimum absolute atomic E-state index is 0.0270. The third-order valence-corrected chi connectivity index (χ3v) is 4.42. The van der Waals surface area contributed by atoms with Gasteiger partial charge in [0, 0.05) is 31.2 Å². The second kappa shape index (κ2) is 7.77. The molecule has 0 bridgehead atoms. The summed E-state index contributed by atoms with van der Waals surface area (Å²) in [5, 5.41) is 13.3. The van der Waals surface area contributed by atoms with Gasteiger partial charge in [-0.1, -0.05) is 30.3 Å². The number of hydrogen-bond acceptors (Lipinski definition) is 3. The highest BCUT2D eigenvalue weighted by Crippen LogP contribution is 2.29. The molecule has 0 saturated carbocycles. The topological polar surface area (TPSA) is 41.5 Å². The van der Waals surface area contributed by atoms with E-state index in [-0.39, 0.29) is 12.0 Å². The molecule has 1 aromatic rings. The number of ether oxygens (including phenoxy) is 1. The molecule has 2 N–H and O–H groups in total. The Kier molecular flexibility index (Phi) is 6.02. The SMILES string of the molecule is CC(CCc1ccccc1)NCC1(CO)CCOCC1. The van der Waals surface area contributed by atoms with Crippen molar-refractivity contribution in [2.75, 3.05) is 26.4 Å². The van der Waals surface area contributed by atoms with Gasteiger partial charge in [-0.25, -0.2) is 0 Å². The molecule has 0 spiro atoms. The second-order valence-corrected chi connectivity index (χ2v) is 6.08. The smallest absolute Gasteiger partial charge is 0.0501 e. The molecule has 0 aliphatic carbocycles. The van der Waals surface area contributed by atoms with Gasteiger partial charge >= 0.3 is 0 Å². The lowest BCUT2D eigenvalue weighted by molar-refractivity contribution is -0.0163. The van der Waals surface area contributed by atoms with E-state index in [1.165, 1.54) is 5.56 Å². The molecule has 20 heavy (non-hydrogen) atoms. The van der Waals surface area contributed by atoms with Crippen molar-refractivity contribution < 1.29 is 9.84 Å². The van der Waals surface area contributed by atoms with Gasteiger partial charge in [-0.3, -0.25) is 0 Å². The summed E-state index contributed by atoms with van der Waals surface area (Å²) in [5.74, 6) is 0. The van der Waals surface area contributed by atoms with Crippen molar-refractivity contribution in [2.45, 2.75) is 38.6 Å². The number of aryl methyl sites for hydroxylation is 1. The van der Waals surface area contributed by atoms with E-state index in [2.05, 4.69) is 42.6 Å². The number of hydrogen-bond donors (Lipinski definition) is 2. The van der Waals surface area contributed by atoms with Crippen LogP contribution in [-0.4, -0.2) is 37.5 Å². The van der Waals surface area contributed by atoms with Crippen molar-refractivity contribution in [3.05, 3.63) is 35.9 Å². The lowest BCUT2D eigenvalue weighted by Gasteiger charge is -2.36. The average Bonchev–Trinajstić information content (AvgIpc) is 2.53. The summed E-state index contributed by atoms with van der Waals surface area (Å²) in [6.45, 7) is 4.94. The van der Waals surface area contributed by atoms with E-state index in [9.17, 15) is 5.11 Å². The van der Waals surface area contributed by atoms with E-state index in [1.54, 1.807) is 0 Å². The Balaban J connectivity index is 1.72. The van der Waals surface area contributed by atoms with E-state index < -0.39 is 0 Å². The minimum Gasteiger partial charge on any atom is -0.396 e. The second-order valence-electron chi connectivity index (χ2n) is 6.08. The van der Waals surface area contributed by atoms with Crippen LogP contribution in [0.1, 0.15) is 31.7 Å². The van der Waals surface area contributed by atoms with E-state index in [4.69, 9.17) is 4.74 Å². The molecule has 1 saturated heterocycles. The Hall–Kier alpha value is -0.900. The standard InChI is InChI=1S/C17H27NO2/c1-15(7-8-16-5-3-2-4-6-16)18-13-17(14-19)9-11-20-12-10-17/h2-6,15,18-19H,7-14H2,1H3. The maximum atomic E-state index is 9.67. The Morgan fingerprint density at radius 2 is 1.95 bits per heavy atom. The van der Waals surface area contributed by atoms with Gasteiger partial charge in [0.15, 0.2) is 0 Å². The summed E-state index contributed by atoms with van der Waals surface area (Å²) >= 11 is 0. The molecular weight excluding hydrogens is 250 g/mol. The van der Waals surface area contributed by atoms with Gasteiger partial charge in [-0.15, -0.1) is 0 Å². The maximum absolute atomic E-state index is 9.67. The molecular formula is C17H27NO2. The van der Waals surface area contributed by atoms with E-state index in [0.29, 0.717) is 6.04 Å². The molecule has 3 nitrogen and oxygen atoms in total. The molecule has 1 fully saturated rings. The largest absolute Gasteiger partial charge is 0.396 e. The van der Waals surface area contributed by atoms with Crippen LogP contribution in [-0.2, 0) is 11.2 Å². The first-order chi connectivity index (χ1) is 9.74. The molecule has 1 heterocycles. The van der Waals surface area contributed by atoms with Crippen LogP contribution in [0.25, 0.3) is 0 Å². The molecule has 3 heteroatoms. The molecule has 112 valence electrons. The zero-order chi connectivity index (χ0) is 14.3. The van der Waals surface area contributed by atoms with Crippen molar-refractivity contribution >= 4 is 0 Å². The third-order valence-electron chi connectivity index (χ3n) is 4.42. The first-order valence-electron chi connectivity index (χ1n) is 7.70. The number of rotatable bonds is 7. The predicted molar refractivity (Wildman–Crippen MR) is 81.8 cm³/mol. The molecule has 2 rings (SSSR count). The Morgan fingerprint density at radius 1 is 1.25 bits per heavy atom. The first-order valence-corrected chi connectivity index (χ1v) is 7.70. The summed E-state index contributed by atoms with van der Waals surface area (Å²) in [5.41, 5.74) is 1.42. The summed E-state index contributed by atoms with van der Waals surface area (Å²) in [6, 6.07) is 11.1. The number of benzene rings is 1. The van der Waals surface area contributed by atoms with Gasteiger partial charge in [0.25, 0.3) is 0 Å². The van der Waals surface area contributed by atoms with E-state index in [0.717, 1.165) is 45.4 Å². The Bertz CT molecular complexity index is 374. The van der Waals surface area contributed by atoms with Gasteiger partial charge in [0.05, 0.1) is 6.61 Å². The van der Waals surface area contributed by atoms with Crippen LogP contribution in [0, 0.1) is 5.41 Å². The van der Waals surface area contributed by atoms with Crippen molar-refractivity contribution in [3.63, 3.8) is 0 Å². The average molecular weight is 277 g/mol. The molecule has 0 aromatic heterocycles. The van der Waals surface area contributed by atoms with Gasteiger partial charge in [0.2, 0.25) is 0 Å². The van der Waals surface area contributed by atoms with Crippen molar-refractivity contribution in [1.82, 2.24) is 5.32 Å². The summed E-state index contributed by atoms with van der Waals surface area (Å²) in [4.78, 5) is 0. The van der Waals surface area contributed by atoms with Gasteiger partial charge < -0.3 is 15.2 Å². The highest BCUT2D eigenvalue weighted by molar-refractivity contribution is 5.14. The van der Waals surface area contributed by atoms with Crippen LogP contribution in [0.2, 0.25) is 0 Å². The molecule has 0 amide bonds. The zero-order valence-corrected chi connectivity index (χ0v) is 12.5. The Labute approximate surface area is 122 Å². The normalized spacial score (nSPS) is 19.7. The fourth-order valence-electron chi connectivity index (χ4n) is 2.72. The quantitative estimate of drug-likeness (QED) is 0.804. The predicted octanol–water partition coefficient (Wildman–Crippen LogP) is 2.39. The highest BCUT2D eigenvalue weighted by atomic mass is 16.5. The number of nitrogens with one attached hydrogen (secondary N) is 1. The van der Waals surface area contributed by atoms with Gasteiger partial charge in [0.1, 0.15) is 0 Å². The van der Waals surface area contributed by atoms with E-state index >= 15 is 0 Å². The zero-order valence-electron chi connectivity index (χ0n) is 12.5. The van der Waals surface area contributed by atoms with Gasteiger partial charge in [-0.05, 0) is 38.2 Å². The fraction of sp³-hybridized carbons (Fsp3) is 0.647. The first kappa shape index (κ1) is 15.5. The maximum Gasteiger partial charge on any atom is 0.0501 e. The fourth-order valence-corrected chi connectivity index (χ4v) is 2.72. The van der Waals surface area contributed by atoms with Crippen LogP contribution in [0.4, 0.5) is 0 Å². The Morgan fingerprint density at radius 3 is 2.60 bits per heavy atom. The summed E-state index contributed by atoms with van der Waals surface area (Å²) in [6.07, 6.45) is 4.15. The van der Waals surface area contributed by atoms with Crippen LogP contribution in [0.15, 0.2) is 30.3 Å². The molecule has 1 aliphatic heterocycles. The molecule has 1 unspecified atom stereocenters. The van der Waals surface area contributed by atoms with Crippen molar-refractivity contribution in [1.29, 1.82) is 0 Å². The third kappa shape index (κ3) is 4.58. The minimum atomic E-state index is 0.0270.